The molecule has 2 nitrogen and oxygen atoms in total. The van der Waals surface area contributed by atoms with Crippen molar-refractivity contribution in [3.63, 3.8) is 0 Å². The van der Waals surface area contributed by atoms with E-state index in [-0.39, 0.29) is 39.1 Å². The molecule has 0 aliphatic rings. The van der Waals surface area contributed by atoms with Crippen LogP contribution in [0.1, 0.15) is 368 Å². The van der Waals surface area contributed by atoms with Crippen LogP contribution in [0.3, 0.4) is 0 Å². The number of rotatable bonds is 11. The van der Waals surface area contributed by atoms with Gasteiger partial charge in [0.25, 0.3) is 0 Å². The zero-order valence-electron chi connectivity index (χ0n) is 78.9. The van der Waals surface area contributed by atoms with Gasteiger partial charge in [-0.3, -0.25) is 0 Å². The molecule has 0 fully saturated rings. The maximum Gasteiger partial charge on any atom is 0.416 e. The van der Waals surface area contributed by atoms with E-state index in [2.05, 4.69) is 253 Å². The number of phenols is 1. The number of alkyl halides is 3. The van der Waals surface area contributed by atoms with Gasteiger partial charge in [-0.2, -0.15) is 13.2 Å². The molecule has 0 atom stereocenters. The minimum atomic E-state index is -4.25. The molecule has 10 aromatic carbocycles. The third-order valence-electron chi connectivity index (χ3n) is 20.7. The number of phenolic OH excluding ortho intramolecular Hbond substituents is 1. The van der Waals surface area contributed by atoms with Crippen molar-refractivity contribution >= 4 is 46.4 Å². The Morgan fingerprint density at radius 1 is 0.267 bits per heavy atom. The van der Waals surface area contributed by atoms with Crippen molar-refractivity contribution in [2.24, 2.45) is 0 Å². The molecule has 120 heavy (non-hydrogen) atoms. The Hall–Kier alpha value is -7.16. The standard InChI is InChI=1S/C12H15F3.C12H18.C11H16O.3C11H16.2C10H12Cl2.C10H13F.C10H14O.2CH4/c1-7(2)11-9(4)5-8(3)6-10(11)12(13,14)15;1-8(2)12-10(4)6-9(3)7-11(12)5;1-8(2)11-9(3)5-4-6-10(11)7-12;3*1-8(2)11-9(3)6-5-7-10(11)4;1-6(2)10-7(3)4-8(11)5-9(10)12;1-6(2)10-8(11)4-7(3)5-9(10)12;2*1-7(2)10-8(3)5-4-6-9(10)11;;/h5-7H,1-4H3;6-8H,1-5H3;4-6,8,12H,7H2,1-3H3;3*5-8H,1-4H3;2*4-6H,1-3H3;4-7H,1-3H3;4-7,11H,1-3H3;2*1H4. The lowest BCUT2D eigenvalue weighted by atomic mass is 9.90. The van der Waals surface area contributed by atoms with Crippen molar-refractivity contribution < 1.29 is 27.8 Å². The number of aromatic hydroxyl groups is 1. The molecular weight excluding hydrogens is 1570 g/mol. The van der Waals surface area contributed by atoms with E-state index >= 15 is 0 Å². The molecular formula is C110H156Cl4F4O2. The third kappa shape index (κ3) is 37.5. The molecule has 664 valence electrons. The van der Waals surface area contributed by atoms with Crippen molar-refractivity contribution in [2.75, 3.05) is 0 Å². The summed E-state index contributed by atoms with van der Waals surface area (Å²) in [7, 11) is 0. The zero-order valence-corrected chi connectivity index (χ0v) is 81.9. The van der Waals surface area contributed by atoms with Crippen molar-refractivity contribution in [3.8, 4) is 5.75 Å². The molecule has 0 unspecified atom stereocenters. The van der Waals surface area contributed by atoms with Gasteiger partial charge < -0.3 is 10.2 Å². The second-order valence-corrected chi connectivity index (χ2v) is 36.5. The van der Waals surface area contributed by atoms with Crippen LogP contribution in [0.15, 0.2) is 158 Å². The number of aliphatic hydroxyl groups excluding tert-OH is 1. The largest absolute Gasteiger partial charge is 0.508 e. The van der Waals surface area contributed by atoms with Crippen LogP contribution in [0.2, 0.25) is 20.1 Å². The fourth-order valence-corrected chi connectivity index (χ4v) is 18.3. The highest BCUT2D eigenvalue weighted by Crippen LogP contribution is 2.39. The predicted molar refractivity (Wildman–Crippen MR) is 527 cm³/mol. The van der Waals surface area contributed by atoms with Gasteiger partial charge in [0, 0.05) is 20.1 Å². The van der Waals surface area contributed by atoms with E-state index in [4.69, 9.17) is 51.5 Å². The minimum absolute atomic E-state index is 0. The average molecular weight is 1730 g/mol. The molecule has 0 aliphatic heterocycles. The van der Waals surface area contributed by atoms with Crippen molar-refractivity contribution in [3.05, 3.63) is 339 Å². The Labute approximate surface area is 750 Å². The van der Waals surface area contributed by atoms with E-state index in [1.165, 1.54) is 112 Å². The highest BCUT2D eigenvalue weighted by Gasteiger charge is 2.35. The lowest BCUT2D eigenvalue weighted by Gasteiger charge is -2.19. The Morgan fingerprint density at radius 2 is 0.508 bits per heavy atom. The Balaban J connectivity index is 0. The van der Waals surface area contributed by atoms with Crippen LogP contribution in [0.5, 0.6) is 5.75 Å². The van der Waals surface area contributed by atoms with Crippen LogP contribution < -0.4 is 0 Å². The predicted octanol–water partition coefficient (Wildman–Crippen LogP) is 37.3. The molecule has 2 N–H and O–H groups in total. The smallest absolute Gasteiger partial charge is 0.416 e. The molecule has 0 saturated carbocycles. The normalized spacial score (nSPS) is 10.7. The van der Waals surface area contributed by atoms with Crippen molar-refractivity contribution in [1.29, 1.82) is 0 Å². The van der Waals surface area contributed by atoms with E-state index < -0.39 is 11.7 Å². The average Bonchev–Trinajstić information content (AvgIpc) is 0.798. The lowest BCUT2D eigenvalue weighted by molar-refractivity contribution is -0.138. The SMILES string of the molecule is C.C.Cc1cc(C)c(C(C)C)c(C(F)(F)F)c1.Cc1cc(C)c(C(C)C)c(C)c1.Cc1cc(Cl)c(C(C)C)c(Cl)c1.Cc1cc(Cl)cc(Cl)c1C(C)C.Cc1cccc(C)c1C(C)C.Cc1cccc(C)c1C(C)C.Cc1cccc(C)c1C(C)C.Cc1cccc(CO)c1C(C)C.Cc1cccc(F)c1C(C)C.Cc1cccc(O)c1C(C)C. The molecule has 0 radical (unpaired) electrons. The first-order valence-corrected chi connectivity index (χ1v) is 43.7. The minimum Gasteiger partial charge on any atom is -0.508 e. The van der Waals surface area contributed by atoms with Gasteiger partial charge >= 0.3 is 6.18 Å². The molecule has 0 heterocycles. The molecule has 10 aromatic rings. The molecule has 10 heteroatoms. The summed E-state index contributed by atoms with van der Waals surface area (Å²) < 4.78 is 51.4. The number of aliphatic hydroxyl groups is 1. The molecule has 0 bridgehead atoms. The summed E-state index contributed by atoms with van der Waals surface area (Å²) in [5, 5.41) is 21.6. The molecule has 0 saturated heterocycles. The van der Waals surface area contributed by atoms with Crippen molar-refractivity contribution in [2.45, 2.75) is 336 Å². The fourth-order valence-electron chi connectivity index (χ4n) is 16.5. The van der Waals surface area contributed by atoms with Gasteiger partial charge in [0.05, 0.1) is 12.2 Å². The van der Waals surface area contributed by atoms with E-state index in [0.29, 0.717) is 69.2 Å². The number of halogens is 8. The Kier molecular flexibility index (Phi) is 52.8. The van der Waals surface area contributed by atoms with Gasteiger partial charge in [-0.1, -0.05) is 326 Å². The number of benzene rings is 10. The third-order valence-corrected chi connectivity index (χ3v) is 21.8. The molecule has 0 aromatic heterocycles. The summed E-state index contributed by atoms with van der Waals surface area (Å²) in [5.41, 5.74) is 32.3. The molecule has 0 amide bonds. The highest BCUT2D eigenvalue weighted by molar-refractivity contribution is 6.36. The quantitative estimate of drug-likeness (QED) is 0.127. The van der Waals surface area contributed by atoms with Crippen LogP contribution in [0.25, 0.3) is 0 Å². The number of hydrogen-bond donors (Lipinski definition) is 2. The maximum atomic E-state index is 13.1. The molecule has 0 aliphatic carbocycles. The second-order valence-electron chi connectivity index (χ2n) is 34.9. The van der Waals surface area contributed by atoms with E-state index in [0.717, 1.165) is 54.0 Å². The van der Waals surface area contributed by atoms with Gasteiger partial charge in [-0.25, -0.2) is 4.39 Å². The first-order chi connectivity index (χ1) is 54.6. The maximum absolute atomic E-state index is 13.1. The fraction of sp³-hybridized carbons (Fsp3) is 0.455. The summed E-state index contributed by atoms with van der Waals surface area (Å²) in [4.78, 5) is 0. The van der Waals surface area contributed by atoms with Gasteiger partial charge in [-0.05, 0) is 352 Å². The summed E-state index contributed by atoms with van der Waals surface area (Å²) in [6, 6.07) is 51.6. The molecule has 0 spiro atoms. The van der Waals surface area contributed by atoms with Gasteiger partial charge in [0.1, 0.15) is 11.6 Å². The summed E-state index contributed by atoms with van der Waals surface area (Å²) >= 11 is 24.0. The summed E-state index contributed by atoms with van der Waals surface area (Å²) in [6.45, 7) is 75.8. The first kappa shape index (κ1) is 115. The van der Waals surface area contributed by atoms with Crippen LogP contribution >= 0.6 is 46.4 Å². The second kappa shape index (κ2) is 55.2. The Bertz CT molecular complexity index is 4080. The first-order valence-electron chi connectivity index (χ1n) is 42.2. The van der Waals surface area contributed by atoms with E-state index in [9.17, 15) is 22.7 Å². The Morgan fingerprint density at radius 3 is 0.767 bits per heavy atom. The molecule has 10 rings (SSSR count). The summed E-state index contributed by atoms with van der Waals surface area (Å²) in [5.74, 6) is 4.82. The van der Waals surface area contributed by atoms with Crippen LogP contribution in [0.4, 0.5) is 17.6 Å². The van der Waals surface area contributed by atoms with Gasteiger partial charge in [0.2, 0.25) is 0 Å². The van der Waals surface area contributed by atoms with Crippen LogP contribution in [-0.4, -0.2) is 10.2 Å². The monoisotopic (exact) mass is 1730 g/mol. The van der Waals surface area contributed by atoms with E-state index in [1.54, 1.807) is 52.0 Å². The number of hydrogen-bond acceptors (Lipinski definition) is 2. The van der Waals surface area contributed by atoms with Gasteiger partial charge in [-0.15, -0.1) is 0 Å². The van der Waals surface area contributed by atoms with Crippen LogP contribution in [0, 0.1) is 117 Å². The number of aryl methyl sites for hydroxylation is 16. The highest BCUT2D eigenvalue weighted by atomic mass is 35.5. The van der Waals surface area contributed by atoms with Crippen LogP contribution in [-0.2, 0) is 12.8 Å². The van der Waals surface area contributed by atoms with Gasteiger partial charge in [0.15, 0.2) is 0 Å². The lowest BCUT2D eigenvalue weighted by Crippen LogP contribution is -2.12. The zero-order chi connectivity index (χ0) is 91.0. The summed E-state index contributed by atoms with van der Waals surface area (Å²) in [6.07, 6.45) is -4.25. The van der Waals surface area contributed by atoms with E-state index in [1.807, 2.05) is 90.1 Å². The van der Waals surface area contributed by atoms with Crippen molar-refractivity contribution in [1.82, 2.24) is 0 Å². The topological polar surface area (TPSA) is 40.5 Å².